The highest BCUT2D eigenvalue weighted by atomic mass is 16.2. The van der Waals surface area contributed by atoms with Gasteiger partial charge in [0, 0.05) is 38.6 Å². The van der Waals surface area contributed by atoms with Gasteiger partial charge < -0.3 is 14.8 Å². The average molecular weight is 339 g/mol. The molecule has 1 aromatic carbocycles. The average Bonchev–Trinajstić information content (AvgIpc) is 3.11. The van der Waals surface area contributed by atoms with Crippen LogP contribution in [-0.2, 0) is 22.4 Å². The monoisotopic (exact) mass is 339 g/mol. The lowest BCUT2D eigenvalue weighted by atomic mass is 10.0. The predicted octanol–water partition coefficient (Wildman–Crippen LogP) is 2.09. The van der Waals surface area contributed by atoms with Gasteiger partial charge in [-0.25, -0.2) is 0 Å². The Kier molecular flexibility index (Phi) is 5.22. The molecule has 2 heterocycles. The number of benzene rings is 1. The summed E-state index contributed by atoms with van der Waals surface area (Å²) in [4.78, 5) is 31.5. The first-order valence-corrected chi connectivity index (χ1v) is 8.76. The van der Waals surface area contributed by atoms with Crippen molar-refractivity contribution in [2.24, 2.45) is 0 Å². The van der Waals surface area contributed by atoms with E-state index in [1.165, 1.54) is 11.1 Å². The Hall–Kier alpha value is -2.56. The summed E-state index contributed by atoms with van der Waals surface area (Å²) in [6.45, 7) is 6.60. The first kappa shape index (κ1) is 17.3. The number of aromatic nitrogens is 1. The molecule has 25 heavy (non-hydrogen) atoms. The number of nitrogens with one attached hydrogen (secondary N) is 1. The van der Waals surface area contributed by atoms with Crippen LogP contribution in [0.4, 0.5) is 0 Å². The first-order chi connectivity index (χ1) is 12.0. The third kappa shape index (κ3) is 4.29. The molecule has 2 amide bonds. The summed E-state index contributed by atoms with van der Waals surface area (Å²) >= 11 is 0. The molecular weight excluding hydrogens is 314 g/mol. The van der Waals surface area contributed by atoms with E-state index in [-0.39, 0.29) is 11.8 Å². The summed E-state index contributed by atoms with van der Waals surface area (Å²) < 4.78 is 0. The fourth-order valence-electron chi connectivity index (χ4n) is 3.16. The predicted molar refractivity (Wildman–Crippen MR) is 97.3 cm³/mol. The quantitative estimate of drug-likeness (QED) is 0.927. The van der Waals surface area contributed by atoms with Crippen LogP contribution < -0.4 is 0 Å². The molecule has 0 atom stereocenters. The molecule has 0 bridgehead atoms. The van der Waals surface area contributed by atoms with Gasteiger partial charge in [-0.1, -0.05) is 18.2 Å². The van der Waals surface area contributed by atoms with Crippen molar-refractivity contribution < 1.29 is 9.59 Å². The zero-order valence-electron chi connectivity index (χ0n) is 14.9. The van der Waals surface area contributed by atoms with Crippen molar-refractivity contribution in [1.29, 1.82) is 0 Å². The number of H-pyrrole nitrogens is 1. The second-order valence-electron chi connectivity index (χ2n) is 6.75. The highest BCUT2D eigenvalue weighted by Crippen LogP contribution is 2.13. The van der Waals surface area contributed by atoms with Crippen molar-refractivity contribution in [3.8, 4) is 0 Å². The highest BCUT2D eigenvalue weighted by Gasteiger charge is 2.24. The summed E-state index contributed by atoms with van der Waals surface area (Å²) in [6.07, 6.45) is 4.52. The highest BCUT2D eigenvalue weighted by molar-refractivity contribution is 5.81. The van der Waals surface area contributed by atoms with Crippen LogP contribution in [-0.4, -0.2) is 52.8 Å². The van der Waals surface area contributed by atoms with Gasteiger partial charge in [-0.2, -0.15) is 0 Å². The van der Waals surface area contributed by atoms with Crippen LogP contribution in [0.25, 0.3) is 0 Å². The number of carbonyl (C=O) groups is 2. The van der Waals surface area contributed by atoms with E-state index in [2.05, 4.69) is 31.0 Å². The Morgan fingerprint density at radius 2 is 1.48 bits per heavy atom. The molecule has 0 radical (unpaired) electrons. The van der Waals surface area contributed by atoms with Crippen molar-refractivity contribution in [3.63, 3.8) is 0 Å². The number of amides is 2. The molecular formula is C20H25N3O2. The van der Waals surface area contributed by atoms with Crippen molar-refractivity contribution >= 4 is 11.8 Å². The zero-order valence-corrected chi connectivity index (χ0v) is 14.9. The second-order valence-corrected chi connectivity index (χ2v) is 6.75. The van der Waals surface area contributed by atoms with Crippen molar-refractivity contribution in [3.05, 3.63) is 58.9 Å². The lowest BCUT2D eigenvalue weighted by molar-refractivity contribution is -0.138. The van der Waals surface area contributed by atoms with E-state index in [0.717, 1.165) is 11.1 Å². The molecule has 2 aromatic rings. The number of nitrogens with zero attached hydrogens (tertiary/aromatic N) is 2. The van der Waals surface area contributed by atoms with Crippen molar-refractivity contribution in [2.75, 3.05) is 26.2 Å². The van der Waals surface area contributed by atoms with Crippen molar-refractivity contribution in [1.82, 2.24) is 14.8 Å². The third-order valence-electron chi connectivity index (χ3n) is 4.93. The van der Waals surface area contributed by atoms with Gasteiger partial charge in [-0.3, -0.25) is 9.59 Å². The molecule has 0 spiro atoms. The Bertz CT molecular complexity index is 744. The Morgan fingerprint density at radius 1 is 0.880 bits per heavy atom. The second kappa shape index (κ2) is 7.55. The molecule has 1 aliphatic heterocycles. The Morgan fingerprint density at radius 3 is 2.00 bits per heavy atom. The SMILES string of the molecule is Cc1ccc(CC(=O)N2CCN(C(=O)Cc3cc[nH]c3)CC2)cc1C. The Labute approximate surface area is 148 Å². The van der Waals surface area contributed by atoms with Crippen LogP contribution in [0.15, 0.2) is 36.7 Å². The van der Waals surface area contributed by atoms with Gasteiger partial charge in [0.15, 0.2) is 0 Å². The summed E-state index contributed by atoms with van der Waals surface area (Å²) in [5.41, 5.74) is 4.51. The molecule has 0 saturated carbocycles. The zero-order chi connectivity index (χ0) is 17.8. The minimum absolute atomic E-state index is 0.126. The maximum absolute atomic E-state index is 12.5. The van der Waals surface area contributed by atoms with Gasteiger partial charge in [-0.05, 0) is 42.2 Å². The Balaban J connectivity index is 1.50. The van der Waals surface area contributed by atoms with Crippen LogP contribution in [0.5, 0.6) is 0 Å². The summed E-state index contributed by atoms with van der Waals surface area (Å²) in [7, 11) is 0. The van der Waals surface area contributed by atoms with Crippen LogP contribution in [0.3, 0.4) is 0 Å². The van der Waals surface area contributed by atoms with Gasteiger partial charge in [0.05, 0.1) is 12.8 Å². The maximum atomic E-state index is 12.5. The van der Waals surface area contributed by atoms with E-state index in [1.54, 1.807) is 0 Å². The molecule has 1 aromatic heterocycles. The lowest BCUT2D eigenvalue weighted by Gasteiger charge is -2.35. The molecule has 1 saturated heterocycles. The molecule has 3 rings (SSSR count). The van der Waals surface area contributed by atoms with Gasteiger partial charge in [0.25, 0.3) is 0 Å². The summed E-state index contributed by atoms with van der Waals surface area (Å²) in [5.74, 6) is 0.266. The largest absolute Gasteiger partial charge is 0.367 e. The molecule has 5 heteroatoms. The smallest absolute Gasteiger partial charge is 0.227 e. The van der Waals surface area contributed by atoms with Gasteiger partial charge >= 0.3 is 0 Å². The number of aromatic amines is 1. The van der Waals surface area contributed by atoms with E-state index in [1.807, 2.05) is 34.3 Å². The molecule has 5 nitrogen and oxygen atoms in total. The van der Waals surface area contributed by atoms with E-state index in [4.69, 9.17) is 0 Å². The molecule has 1 N–H and O–H groups in total. The van der Waals surface area contributed by atoms with E-state index >= 15 is 0 Å². The number of carbonyl (C=O) groups excluding carboxylic acids is 2. The van der Waals surface area contributed by atoms with Crippen LogP contribution >= 0.6 is 0 Å². The van der Waals surface area contributed by atoms with E-state index in [9.17, 15) is 9.59 Å². The molecule has 1 aliphatic rings. The van der Waals surface area contributed by atoms with Gasteiger partial charge in [0.1, 0.15) is 0 Å². The summed E-state index contributed by atoms with van der Waals surface area (Å²) in [6, 6.07) is 8.09. The fraction of sp³-hybridized carbons (Fsp3) is 0.400. The van der Waals surface area contributed by atoms with Crippen LogP contribution in [0, 0.1) is 13.8 Å². The minimum Gasteiger partial charge on any atom is -0.367 e. The van der Waals surface area contributed by atoms with E-state index < -0.39 is 0 Å². The van der Waals surface area contributed by atoms with Crippen LogP contribution in [0.1, 0.15) is 22.3 Å². The number of hydrogen-bond acceptors (Lipinski definition) is 2. The van der Waals surface area contributed by atoms with Gasteiger partial charge in [-0.15, -0.1) is 0 Å². The normalized spacial score (nSPS) is 14.6. The number of aryl methyl sites for hydroxylation is 2. The molecule has 132 valence electrons. The maximum Gasteiger partial charge on any atom is 0.227 e. The fourth-order valence-corrected chi connectivity index (χ4v) is 3.16. The molecule has 1 fully saturated rings. The number of rotatable bonds is 4. The standard InChI is InChI=1S/C20H25N3O2/c1-15-3-4-17(11-16(15)2)12-19(24)22-7-9-23(10-8-22)20(25)13-18-5-6-21-14-18/h3-6,11,14,21H,7-10,12-13H2,1-2H3. The lowest BCUT2D eigenvalue weighted by Crippen LogP contribution is -2.51. The number of hydrogen-bond donors (Lipinski definition) is 1. The molecule has 0 unspecified atom stereocenters. The van der Waals surface area contributed by atoms with Crippen molar-refractivity contribution in [2.45, 2.75) is 26.7 Å². The first-order valence-electron chi connectivity index (χ1n) is 8.76. The topological polar surface area (TPSA) is 56.4 Å². The minimum atomic E-state index is 0.126. The summed E-state index contributed by atoms with van der Waals surface area (Å²) in [5, 5.41) is 0. The molecule has 0 aliphatic carbocycles. The van der Waals surface area contributed by atoms with Crippen LogP contribution in [0.2, 0.25) is 0 Å². The third-order valence-corrected chi connectivity index (χ3v) is 4.93. The van der Waals surface area contributed by atoms with Gasteiger partial charge in [0.2, 0.25) is 11.8 Å². The number of piperazine rings is 1. The van der Waals surface area contributed by atoms with E-state index in [0.29, 0.717) is 39.0 Å².